The Balaban J connectivity index is 1.72. The molecule has 1 heterocycles. The number of hydrogen-bond acceptors (Lipinski definition) is 3. The number of carbonyl (C=O) groups excluding carboxylic acids is 1. The van der Waals surface area contributed by atoms with E-state index in [0.717, 1.165) is 32.5 Å². The second-order valence-corrected chi connectivity index (χ2v) is 5.02. The van der Waals surface area contributed by atoms with Crippen molar-refractivity contribution in [1.82, 2.24) is 10.6 Å². The van der Waals surface area contributed by atoms with Crippen molar-refractivity contribution >= 4 is 11.6 Å². The number of anilines is 1. The molecule has 4 nitrogen and oxygen atoms in total. The molecule has 1 atom stereocenters. The smallest absolute Gasteiger partial charge is 0.236 e. The zero-order chi connectivity index (χ0) is 13.7. The molecule has 0 aromatic heterocycles. The Morgan fingerprint density at radius 3 is 3.00 bits per heavy atom. The lowest BCUT2D eigenvalue weighted by atomic mass is 10.2. The summed E-state index contributed by atoms with van der Waals surface area (Å²) in [5.41, 5.74) is 2.80. The molecule has 0 saturated heterocycles. The lowest BCUT2D eigenvalue weighted by molar-refractivity contribution is -0.122. The van der Waals surface area contributed by atoms with E-state index >= 15 is 0 Å². The first-order valence-electron chi connectivity index (χ1n) is 7.00. The van der Waals surface area contributed by atoms with Gasteiger partial charge in [0, 0.05) is 25.3 Å². The summed E-state index contributed by atoms with van der Waals surface area (Å²) >= 11 is 0. The van der Waals surface area contributed by atoms with Gasteiger partial charge in [-0.05, 0) is 38.4 Å². The molecule has 2 N–H and O–H groups in total. The number of carbonyl (C=O) groups is 1. The standard InChI is InChI=1S/C15H23N3O/c1-12(16-2)15(19)17-9-5-10-18-11-8-13-6-3-4-7-14(13)18/h3-4,6-7,12,16H,5,8-11H2,1-2H3,(H,17,19). The maximum atomic E-state index is 11.6. The van der Waals surface area contributed by atoms with Gasteiger partial charge in [0.1, 0.15) is 0 Å². The fourth-order valence-corrected chi connectivity index (χ4v) is 2.40. The minimum absolute atomic E-state index is 0.0734. The summed E-state index contributed by atoms with van der Waals surface area (Å²) in [4.78, 5) is 14.0. The van der Waals surface area contributed by atoms with Crippen molar-refractivity contribution in [3.05, 3.63) is 29.8 Å². The molecule has 0 aliphatic carbocycles. The van der Waals surface area contributed by atoms with Crippen molar-refractivity contribution in [3.63, 3.8) is 0 Å². The van der Waals surface area contributed by atoms with Crippen LogP contribution in [0.2, 0.25) is 0 Å². The van der Waals surface area contributed by atoms with Gasteiger partial charge in [0.05, 0.1) is 6.04 Å². The summed E-state index contributed by atoms with van der Waals surface area (Å²) < 4.78 is 0. The molecule has 1 unspecified atom stereocenters. The van der Waals surface area contributed by atoms with Crippen molar-refractivity contribution in [2.75, 3.05) is 31.6 Å². The van der Waals surface area contributed by atoms with E-state index in [-0.39, 0.29) is 11.9 Å². The van der Waals surface area contributed by atoms with E-state index in [1.54, 1.807) is 7.05 Å². The van der Waals surface area contributed by atoms with E-state index in [9.17, 15) is 4.79 Å². The van der Waals surface area contributed by atoms with Gasteiger partial charge in [0.15, 0.2) is 0 Å². The van der Waals surface area contributed by atoms with E-state index in [2.05, 4.69) is 39.8 Å². The first-order chi connectivity index (χ1) is 9.22. The van der Waals surface area contributed by atoms with Gasteiger partial charge in [0.25, 0.3) is 0 Å². The predicted molar refractivity (Wildman–Crippen MR) is 78.5 cm³/mol. The second kappa shape index (κ2) is 6.57. The summed E-state index contributed by atoms with van der Waals surface area (Å²) in [5, 5.41) is 5.89. The molecule has 104 valence electrons. The van der Waals surface area contributed by atoms with Gasteiger partial charge in [0.2, 0.25) is 5.91 Å². The predicted octanol–water partition coefficient (Wildman–Crippen LogP) is 1.16. The van der Waals surface area contributed by atoms with Crippen molar-refractivity contribution < 1.29 is 4.79 Å². The SMILES string of the molecule is CNC(C)C(=O)NCCCN1CCc2ccccc21. The van der Waals surface area contributed by atoms with Crippen LogP contribution in [-0.2, 0) is 11.2 Å². The van der Waals surface area contributed by atoms with Gasteiger partial charge in [-0.1, -0.05) is 18.2 Å². The molecule has 0 saturated carbocycles. The van der Waals surface area contributed by atoms with Gasteiger partial charge in [-0.3, -0.25) is 4.79 Å². The second-order valence-electron chi connectivity index (χ2n) is 5.02. The summed E-state index contributed by atoms with van der Waals surface area (Å²) in [6.07, 6.45) is 2.12. The summed E-state index contributed by atoms with van der Waals surface area (Å²) in [6.45, 7) is 4.71. The van der Waals surface area contributed by atoms with E-state index in [4.69, 9.17) is 0 Å². The van der Waals surface area contributed by atoms with Crippen LogP contribution in [0, 0.1) is 0 Å². The van der Waals surface area contributed by atoms with Crippen molar-refractivity contribution in [1.29, 1.82) is 0 Å². The van der Waals surface area contributed by atoms with Gasteiger partial charge in [-0.2, -0.15) is 0 Å². The van der Waals surface area contributed by atoms with E-state index in [1.165, 1.54) is 11.3 Å². The molecule has 1 aromatic carbocycles. The van der Waals surface area contributed by atoms with Crippen molar-refractivity contribution in [2.45, 2.75) is 25.8 Å². The van der Waals surface area contributed by atoms with E-state index < -0.39 is 0 Å². The van der Waals surface area contributed by atoms with Crippen molar-refractivity contribution in [3.8, 4) is 0 Å². The molecule has 0 fully saturated rings. The van der Waals surface area contributed by atoms with Crippen LogP contribution >= 0.6 is 0 Å². The minimum atomic E-state index is -0.118. The number of nitrogens with one attached hydrogen (secondary N) is 2. The van der Waals surface area contributed by atoms with E-state index in [0.29, 0.717) is 0 Å². The molecule has 2 rings (SSSR count). The summed E-state index contributed by atoms with van der Waals surface area (Å²) in [5.74, 6) is 0.0734. The first-order valence-corrected chi connectivity index (χ1v) is 7.00. The van der Waals surface area contributed by atoms with Gasteiger partial charge < -0.3 is 15.5 Å². The number of hydrogen-bond donors (Lipinski definition) is 2. The first kappa shape index (κ1) is 13.9. The Kier molecular flexibility index (Phi) is 4.80. The van der Waals surface area contributed by atoms with Gasteiger partial charge >= 0.3 is 0 Å². The average molecular weight is 261 g/mol. The maximum absolute atomic E-state index is 11.6. The summed E-state index contributed by atoms with van der Waals surface area (Å²) in [7, 11) is 1.80. The van der Waals surface area contributed by atoms with Crippen LogP contribution < -0.4 is 15.5 Å². The highest BCUT2D eigenvalue weighted by Crippen LogP contribution is 2.27. The number of nitrogens with zero attached hydrogens (tertiary/aromatic N) is 1. The third kappa shape index (κ3) is 3.47. The van der Waals surface area contributed by atoms with Crippen LogP contribution in [0.15, 0.2) is 24.3 Å². The molecule has 1 amide bonds. The summed E-state index contributed by atoms with van der Waals surface area (Å²) in [6, 6.07) is 8.46. The molecule has 4 heteroatoms. The molecule has 19 heavy (non-hydrogen) atoms. The Morgan fingerprint density at radius 2 is 2.21 bits per heavy atom. The Morgan fingerprint density at radius 1 is 1.42 bits per heavy atom. The third-order valence-corrected chi connectivity index (χ3v) is 3.71. The number of fused-ring (bicyclic) bond motifs is 1. The van der Waals surface area contributed by atoms with Gasteiger partial charge in [-0.25, -0.2) is 0 Å². The van der Waals surface area contributed by atoms with Crippen LogP contribution in [0.1, 0.15) is 18.9 Å². The Bertz CT molecular complexity index is 433. The third-order valence-electron chi connectivity index (χ3n) is 3.71. The van der Waals surface area contributed by atoms with Crippen LogP contribution in [-0.4, -0.2) is 38.6 Å². The molecular formula is C15H23N3O. The topological polar surface area (TPSA) is 44.4 Å². The Labute approximate surface area is 115 Å². The minimum Gasteiger partial charge on any atom is -0.371 e. The monoisotopic (exact) mass is 261 g/mol. The number of rotatable bonds is 6. The maximum Gasteiger partial charge on any atom is 0.236 e. The number of benzene rings is 1. The van der Waals surface area contributed by atoms with Crippen LogP contribution in [0.3, 0.4) is 0 Å². The number of para-hydroxylation sites is 1. The molecule has 1 aliphatic rings. The van der Waals surface area contributed by atoms with Crippen LogP contribution in [0.25, 0.3) is 0 Å². The number of likely N-dealkylation sites (N-methyl/N-ethyl adjacent to an activating group) is 1. The largest absolute Gasteiger partial charge is 0.371 e. The molecule has 0 radical (unpaired) electrons. The van der Waals surface area contributed by atoms with Crippen molar-refractivity contribution in [2.24, 2.45) is 0 Å². The van der Waals surface area contributed by atoms with Gasteiger partial charge in [-0.15, -0.1) is 0 Å². The lowest BCUT2D eigenvalue weighted by Crippen LogP contribution is -2.41. The highest BCUT2D eigenvalue weighted by molar-refractivity contribution is 5.81. The molecule has 0 spiro atoms. The lowest BCUT2D eigenvalue weighted by Gasteiger charge is -2.19. The molecule has 1 aliphatic heterocycles. The fraction of sp³-hybridized carbons (Fsp3) is 0.533. The quantitative estimate of drug-likeness (QED) is 0.755. The number of amides is 1. The van der Waals surface area contributed by atoms with Crippen LogP contribution in [0.4, 0.5) is 5.69 Å². The zero-order valence-electron chi connectivity index (χ0n) is 11.8. The highest BCUT2D eigenvalue weighted by Gasteiger charge is 2.17. The highest BCUT2D eigenvalue weighted by atomic mass is 16.2. The zero-order valence-corrected chi connectivity index (χ0v) is 11.8. The normalized spacial score (nSPS) is 15.2. The average Bonchev–Trinajstić information content (AvgIpc) is 2.86. The molecule has 0 bridgehead atoms. The van der Waals surface area contributed by atoms with E-state index in [1.807, 2.05) is 6.92 Å². The Hall–Kier alpha value is -1.55. The van der Waals surface area contributed by atoms with Crippen LogP contribution in [0.5, 0.6) is 0 Å². The molecular weight excluding hydrogens is 238 g/mol. The fourth-order valence-electron chi connectivity index (χ4n) is 2.40. The molecule has 1 aromatic rings.